The standard InChI is InChI=1S/C27H26N6O2/c1-3-22(34)32-14-7-10-21(32)26-31-23(24-25(28)29-13-15-33(24)26)19-11-12-20(17(2)16-19)30-27(35)18-8-5-4-6-9-18/h3-6,8-9,11-13,15-16,21H,1,7,10,14H2,2H3,(H2,28,29)(H,30,35)/t21-/m0/s1. The number of carbonyl (C=O) groups excluding carboxylic acids is 2. The molecule has 0 spiro atoms. The lowest BCUT2D eigenvalue weighted by Gasteiger charge is -2.22. The van der Waals surface area contributed by atoms with E-state index in [1.165, 1.54) is 6.08 Å². The summed E-state index contributed by atoms with van der Waals surface area (Å²) in [6.45, 7) is 6.24. The summed E-state index contributed by atoms with van der Waals surface area (Å²) < 4.78 is 1.93. The zero-order valence-corrected chi connectivity index (χ0v) is 19.4. The highest BCUT2D eigenvalue weighted by Gasteiger charge is 2.33. The molecule has 0 bridgehead atoms. The molecule has 1 fully saturated rings. The van der Waals surface area contributed by atoms with Crippen molar-refractivity contribution in [2.24, 2.45) is 0 Å². The Hall–Kier alpha value is -4.46. The van der Waals surface area contributed by atoms with Gasteiger partial charge in [0, 0.05) is 35.8 Å². The van der Waals surface area contributed by atoms with Crippen LogP contribution in [0.2, 0.25) is 0 Å². The fourth-order valence-corrected chi connectivity index (χ4v) is 4.67. The van der Waals surface area contributed by atoms with Crippen molar-refractivity contribution in [1.29, 1.82) is 0 Å². The molecule has 8 heteroatoms. The van der Waals surface area contributed by atoms with Crippen LogP contribution in [0.5, 0.6) is 0 Å². The van der Waals surface area contributed by atoms with Crippen LogP contribution in [0.1, 0.15) is 40.6 Å². The maximum atomic E-state index is 12.6. The first-order valence-electron chi connectivity index (χ1n) is 11.5. The second kappa shape index (κ2) is 9.06. The fraction of sp³-hybridized carbons (Fsp3) is 0.185. The fourth-order valence-electron chi connectivity index (χ4n) is 4.67. The second-order valence-electron chi connectivity index (χ2n) is 8.59. The number of benzene rings is 2. The first-order valence-corrected chi connectivity index (χ1v) is 11.5. The first kappa shape index (κ1) is 22.3. The summed E-state index contributed by atoms with van der Waals surface area (Å²) in [4.78, 5) is 36.1. The molecule has 1 atom stereocenters. The normalized spacial score (nSPS) is 15.3. The highest BCUT2D eigenvalue weighted by atomic mass is 16.2. The topological polar surface area (TPSA) is 106 Å². The summed E-state index contributed by atoms with van der Waals surface area (Å²) in [6, 6.07) is 14.7. The molecule has 4 aromatic rings. The Morgan fingerprint density at radius 3 is 2.74 bits per heavy atom. The molecule has 0 unspecified atom stereocenters. The lowest BCUT2D eigenvalue weighted by molar-refractivity contribution is -0.127. The Labute approximate surface area is 203 Å². The molecule has 176 valence electrons. The van der Waals surface area contributed by atoms with Crippen LogP contribution >= 0.6 is 0 Å². The molecule has 1 aliphatic rings. The van der Waals surface area contributed by atoms with E-state index in [4.69, 9.17) is 10.7 Å². The summed E-state index contributed by atoms with van der Waals surface area (Å²) in [7, 11) is 0. The molecule has 1 aliphatic heterocycles. The summed E-state index contributed by atoms with van der Waals surface area (Å²) in [5, 5.41) is 2.97. The zero-order chi connectivity index (χ0) is 24.5. The number of nitrogens with one attached hydrogen (secondary N) is 1. The van der Waals surface area contributed by atoms with Crippen LogP contribution in [0.3, 0.4) is 0 Å². The third-order valence-electron chi connectivity index (χ3n) is 6.40. The Morgan fingerprint density at radius 1 is 1.20 bits per heavy atom. The van der Waals surface area contributed by atoms with Gasteiger partial charge in [0.05, 0.1) is 6.04 Å². The molecule has 2 amide bonds. The quantitative estimate of drug-likeness (QED) is 0.425. The van der Waals surface area contributed by atoms with Crippen molar-refractivity contribution in [1.82, 2.24) is 19.3 Å². The predicted octanol–water partition coefficient (Wildman–Crippen LogP) is 4.39. The number of nitrogens with two attached hydrogens (primary N) is 1. The summed E-state index contributed by atoms with van der Waals surface area (Å²) in [5.41, 5.74) is 10.7. The number of likely N-dealkylation sites (tertiary alicyclic amines) is 1. The molecule has 3 N–H and O–H groups in total. The minimum absolute atomic E-state index is 0.109. The van der Waals surface area contributed by atoms with E-state index < -0.39 is 0 Å². The number of fused-ring (bicyclic) bond motifs is 1. The van der Waals surface area contributed by atoms with Crippen molar-refractivity contribution in [2.45, 2.75) is 25.8 Å². The minimum atomic E-state index is -0.172. The van der Waals surface area contributed by atoms with Gasteiger partial charge in [-0.1, -0.05) is 30.8 Å². The monoisotopic (exact) mass is 466 g/mol. The van der Waals surface area contributed by atoms with Gasteiger partial charge in [-0.3, -0.25) is 14.0 Å². The molecule has 0 aliphatic carbocycles. The number of carbonyl (C=O) groups is 2. The molecular weight excluding hydrogens is 440 g/mol. The number of rotatable bonds is 5. The maximum Gasteiger partial charge on any atom is 0.255 e. The van der Waals surface area contributed by atoms with Crippen LogP contribution in [0.4, 0.5) is 11.5 Å². The van der Waals surface area contributed by atoms with Crippen molar-refractivity contribution in [2.75, 3.05) is 17.6 Å². The molecule has 2 aromatic heterocycles. The Balaban J connectivity index is 1.54. The molecule has 2 aromatic carbocycles. The molecule has 5 rings (SSSR count). The number of amides is 2. The van der Waals surface area contributed by atoms with Gasteiger partial charge in [-0.25, -0.2) is 9.97 Å². The van der Waals surface area contributed by atoms with E-state index in [0.29, 0.717) is 29.1 Å². The highest BCUT2D eigenvalue weighted by Crippen LogP contribution is 2.37. The minimum Gasteiger partial charge on any atom is -0.382 e. The summed E-state index contributed by atoms with van der Waals surface area (Å²) >= 11 is 0. The number of nitrogen functional groups attached to an aromatic ring is 1. The Kier molecular flexibility index (Phi) is 5.78. The van der Waals surface area contributed by atoms with E-state index in [-0.39, 0.29) is 17.9 Å². The van der Waals surface area contributed by atoms with Gasteiger partial charge >= 0.3 is 0 Å². The number of anilines is 2. The van der Waals surface area contributed by atoms with Crippen molar-refractivity contribution in [3.8, 4) is 11.3 Å². The lowest BCUT2D eigenvalue weighted by atomic mass is 10.1. The molecule has 0 saturated carbocycles. The SMILES string of the molecule is C=CC(=O)N1CCC[C@H]1c1nc(-c2ccc(NC(=O)c3ccccc3)c(C)c2)c2c(N)nccn12. The van der Waals surface area contributed by atoms with Gasteiger partial charge in [-0.05, 0) is 55.7 Å². The number of hydrogen-bond donors (Lipinski definition) is 2. The average molecular weight is 467 g/mol. The third-order valence-corrected chi connectivity index (χ3v) is 6.40. The molecule has 3 heterocycles. The Bertz CT molecular complexity index is 1440. The van der Waals surface area contributed by atoms with Gasteiger partial charge in [0.15, 0.2) is 0 Å². The lowest BCUT2D eigenvalue weighted by Crippen LogP contribution is -2.29. The van der Waals surface area contributed by atoms with Gasteiger partial charge in [0.2, 0.25) is 5.91 Å². The van der Waals surface area contributed by atoms with Gasteiger partial charge in [0.25, 0.3) is 5.91 Å². The largest absolute Gasteiger partial charge is 0.382 e. The van der Waals surface area contributed by atoms with Gasteiger partial charge < -0.3 is 16.0 Å². The predicted molar refractivity (Wildman–Crippen MR) is 136 cm³/mol. The first-order chi connectivity index (χ1) is 17.0. The van der Waals surface area contributed by atoms with Gasteiger partial charge in [-0.2, -0.15) is 0 Å². The number of nitrogens with zero attached hydrogens (tertiary/aromatic N) is 4. The maximum absolute atomic E-state index is 12.6. The van der Waals surface area contributed by atoms with Crippen molar-refractivity contribution in [3.63, 3.8) is 0 Å². The van der Waals surface area contributed by atoms with E-state index >= 15 is 0 Å². The molecule has 0 radical (unpaired) electrons. The van der Waals surface area contributed by atoms with E-state index in [1.54, 1.807) is 23.2 Å². The van der Waals surface area contributed by atoms with Crippen molar-refractivity contribution >= 4 is 28.8 Å². The number of imidazole rings is 1. The average Bonchev–Trinajstić information content (AvgIpc) is 3.51. The molecule has 1 saturated heterocycles. The summed E-state index contributed by atoms with van der Waals surface area (Å²) in [5.74, 6) is 0.830. The number of aromatic nitrogens is 3. The Morgan fingerprint density at radius 2 is 2.00 bits per heavy atom. The van der Waals surface area contributed by atoms with Crippen LogP contribution in [0, 0.1) is 6.92 Å². The van der Waals surface area contributed by atoms with Crippen LogP contribution < -0.4 is 11.1 Å². The van der Waals surface area contributed by atoms with Crippen molar-refractivity contribution in [3.05, 3.63) is 90.5 Å². The second-order valence-corrected chi connectivity index (χ2v) is 8.59. The third kappa shape index (κ3) is 4.03. The van der Waals surface area contributed by atoms with Crippen molar-refractivity contribution < 1.29 is 9.59 Å². The van der Waals surface area contributed by atoms with E-state index in [1.807, 2.05) is 53.9 Å². The smallest absolute Gasteiger partial charge is 0.255 e. The highest BCUT2D eigenvalue weighted by molar-refractivity contribution is 6.04. The number of aryl methyl sites for hydroxylation is 1. The van der Waals surface area contributed by atoms with E-state index in [9.17, 15) is 9.59 Å². The van der Waals surface area contributed by atoms with Crippen LogP contribution in [-0.4, -0.2) is 37.6 Å². The summed E-state index contributed by atoms with van der Waals surface area (Å²) in [6.07, 6.45) is 6.51. The zero-order valence-electron chi connectivity index (χ0n) is 19.4. The van der Waals surface area contributed by atoms with E-state index in [0.717, 1.165) is 35.5 Å². The molecular formula is C27H26N6O2. The van der Waals surface area contributed by atoms with E-state index in [2.05, 4.69) is 16.9 Å². The van der Waals surface area contributed by atoms with Gasteiger partial charge in [0.1, 0.15) is 22.9 Å². The molecule has 8 nitrogen and oxygen atoms in total. The van der Waals surface area contributed by atoms with Crippen LogP contribution in [-0.2, 0) is 4.79 Å². The number of hydrogen-bond acceptors (Lipinski definition) is 5. The molecule has 35 heavy (non-hydrogen) atoms. The van der Waals surface area contributed by atoms with Crippen LogP contribution in [0.15, 0.2) is 73.6 Å². The van der Waals surface area contributed by atoms with Gasteiger partial charge in [-0.15, -0.1) is 0 Å². The van der Waals surface area contributed by atoms with Crippen LogP contribution in [0.25, 0.3) is 16.8 Å².